The van der Waals surface area contributed by atoms with Gasteiger partial charge in [-0.3, -0.25) is 9.59 Å². The van der Waals surface area contributed by atoms with Crippen molar-refractivity contribution in [3.8, 4) is 0 Å². The highest BCUT2D eigenvalue weighted by Crippen LogP contribution is 2.19. The Morgan fingerprint density at radius 2 is 1.52 bits per heavy atom. The van der Waals surface area contributed by atoms with Gasteiger partial charge in [-0.2, -0.15) is 4.72 Å². The summed E-state index contributed by atoms with van der Waals surface area (Å²) < 4.78 is 28.0. The van der Waals surface area contributed by atoms with E-state index in [2.05, 4.69) is 15.4 Å². The summed E-state index contributed by atoms with van der Waals surface area (Å²) in [6.45, 7) is 4.97. The minimum absolute atomic E-state index is 0.00474. The molecule has 3 N–H and O–H groups in total. The number of sulfonamides is 1. The third-order valence-corrected chi connectivity index (χ3v) is 5.02. The van der Waals surface area contributed by atoms with Crippen molar-refractivity contribution in [3.63, 3.8) is 0 Å². The zero-order valence-corrected chi connectivity index (χ0v) is 16.2. The molecule has 144 valence electrons. The lowest BCUT2D eigenvalue weighted by Gasteiger charge is -2.20. The van der Waals surface area contributed by atoms with Crippen LogP contribution in [0, 0.1) is 0 Å². The fraction of sp³-hybridized carbons (Fsp3) is 0.263. The third kappa shape index (κ3) is 5.90. The number of amides is 2. The fourth-order valence-corrected chi connectivity index (χ4v) is 3.61. The van der Waals surface area contributed by atoms with Crippen molar-refractivity contribution in [3.05, 3.63) is 60.2 Å². The Hall–Kier alpha value is -2.71. The second-order valence-electron chi connectivity index (χ2n) is 6.33. The Bertz CT molecular complexity index is 894. The van der Waals surface area contributed by atoms with E-state index in [1.54, 1.807) is 44.2 Å². The van der Waals surface area contributed by atoms with Gasteiger partial charge in [0, 0.05) is 18.7 Å². The van der Waals surface area contributed by atoms with Crippen molar-refractivity contribution < 1.29 is 18.0 Å². The van der Waals surface area contributed by atoms with Gasteiger partial charge in [-0.05, 0) is 43.7 Å². The van der Waals surface area contributed by atoms with Gasteiger partial charge in [0.2, 0.25) is 21.8 Å². The van der Waals surface area contributed by atoms with Crippen LogP contribution in [0.25, 0.3) is 0 Å². The number of hydrogen-bond acceptors (Lipinski definition) is 4. The molecule has 0 saturated heterocycles. The monoisotopic (exact) mass is 389 g/mol. The van der Waals surface area contributed by atoms with Gasteiger partial charge in [-0.15, -0.1) is 0 Å². The van der Waals surface area contributed by atoms with E-state index in [1.165, 1.54) is 31.2 Å². The molecule has 0 aliphatic rings. The molecule has 2 rings (SSSR count). The number of nitrogens with one attached hydrogen (secondary N) is 3. The molecule has 0 spiro atoms. The van der Waals surface area contributed by atoms with Gasteiger partial charge in [0.25, 0.3) is 0 Å². The minimum Gasteiger partial charge on any atom is -0.352 e. The van der Waals surface area contributed by atoms with Crippen LogP contribution in [-0.4, -0.2) is 26.3 Å². The maximum atomic E-state index is 12.8. The Morgan fingerprint density at radius 1 is 0.926 bits per heavy atom. The second kappa shape index (κ2) is 8.79. The van der Waals surface area contributed by atoms with Crippen LogP contribution < -0.4 is 15.4 Å². The molecule has 27 heavy (non-hydrogen) atoms. The van der Waals surface area contributed by atoms with Crippen LogP contribution in [0.1, 0.15) is 32.4 Å². The highest BCUT2D eigenvalue weighted by molar-refractivity contribution is 7.89. The van der Waals surface area contributed by atoms with E-state index < -0.39 is 22.0 Å². The van der Waals surface area contributed by atoms with Crippen LogP contribution in [-0.2, 0) is 19.6 Å². The number of anilines is 1. The van der Waals surface area contributed by atoms with Crippen LogP contribution in [0.15, 0.2) is 59.5 Å². The standard InChI is InChI=1S/C19H23N3O4S/c1-13(2)20-19(24)18(15-7-5-4-6-8-15)22-27(25,26)17-11-9-16(10-12-17)21-14(3)23/h4-13,18,22H,1-3H3,(H,20,24)(H,21,23)/t18-/m0/s1. The van der Waals surface area contributed by atoms with Gasteiger partial charge in [0.05, 0.1) is 4.90 Å². The molecule has 0 unspecified atom stereocenters. The molecule has 0 aliphatic carbocycles. The van der Waals surface area contributed by atoms with E-state index in [1.807, 2.05) is 0 Å². The Kier molecular flexibility index (Phi) is 6.70. The summed E-state index contributed by atoms with van der Waals surface area (Å²) in [4.78, 5) is 23.6. The molecule has 7 nitrogen and oxygen atoms in total. The summed E-state index contributed by atoms with van der Waals surface area (Å²) in [6.07, 6.45) is 0. The molecule has 0 bridgehead atoms. The van der Waals surface area contributed by atoms with Crippen molar-refractivity contribution in [2.45, 2.75) is 37.8 Å². The first kappa shape index (κ1) is 20.6. The van der Waals surface area contributed by atoms with Gasteiger partial charge < -0.3 is 10.6 Å². The molecule has 0 fully saturated rings. The number of carbonyl (C=O) groups is 2. The van der Waals surface area contributed by atoms with Crippen molar-refractivity contribution in [2.24, 2.45) is 0 Å². The first-order valence-corrected chi connectivity index (χ1v) is 9.92. The van der Waals surface area contributed by atoms with Crippen molar-refractivity contribution in [1.82, 2.24) is 10.0 Å². The van der Waals surface area contributed by atoms with E-state index in [9.17, 15) is 18.0 Å². The third-order valence-electron chi connectivity index (χ3n) is 3.58. The summed E-state index contributed by atoms with van der Waals surface area (Å²) in [5.74, 6) is -0.687. The SMILES string of the molecule is CC(=O)Nc1ccc(S(=O)(=O)N[C@H](C(=O)NC(C)C)c2ccccc2)cc1. The van der Waals surface area contributed by atoms with Crippen molar-refractivity contribution in [2.75, 3.05) is 5.32 Å². The largest absolute Gasteiger partial charge is 0.352 e. The summed E-state index contributed by atoms with van der Waals surface area (Å²) in [5, 5.41) is 5.30. The smallest absolute Gasteiger partial charge is 0.242 e. The van der Waals surface area contributed by atoms with E-state index in [4.69, 9.17) is 0 Å². The molecule has 1 atom stereocenters. The number of rotatable bonds is 7. The molecule has 8 heteroatoms. The maximum Gasteiger partial charge on any atom is 0.242 e. The van der Waals surface area contributed by atoms with Gasteiger partial charge >= 0.3 is 0 Å². The normalized spacial score (nSPS) is 12.4. The van der Waals surface area contributed by atoms with E-state index in [0.29, 0.717) is 11.3 Å². The van der Waals surface area contributed by atoms with E-state index >= 15 is 0 Å². The van der Waals surface area contributed by atoms with Crippen molar-refractivity contribution in [1.29, 1.82) is 0 Å². The zero-order chi connectivity index (χ0) is 20.0. The van der Waals surface area contributed by atoms with Gasteiger partial charge in [0.15, 0.2) is 0 Å². The predicted molar refractivity (Wildman–Crippen MR) is 104 cm³/mol. The topological polar surface area (TPSA) is 104 Å². The van der Waals surface area contributed by atoms with Gasteiger partial charge in [-0.1, -0.05) is 30.3 Å². The zero-order valence-electron chi connectivity index (χ0n) is 15.4. The molecule has 0 heterocycles. The van der Waals surface area contributed by atoms with Gasteiger partial charge in [-0.25, -0.2) is 8.42 Å². The second-order valence-corrected chi connectivity index (χ2v) is 8.05. The quantitative estimate of drug-likeness (QED) is 0.675. The summed E-state index contributed by atoms with van der Waals surface area (Å²) in [5.41, 5.74) is 1.02. The maximum absolute atomic E-state index is 12.8. The summed E-state index contributed by atoms with van der Waals surface area (Å²) in [7, 11) is -3.96. The van der Waals surface area contributed by atoms with E-state index in [0.717, 1.165) is 0 Å². The summed E-state index contributed by atoms with van der Waals surface area (Å²) in [6, 6.07) is 13.2. The molecule has 0 aliphatic heterocycles. The van der Waals surface area contributed by atoms with Crippen molar-refractivity contribution >= 4 is 27.5 Å². The first-order chi connectivity index (χ1) is 12.7. The highest BCUT2D eigenvalue weighted by atomic mass is 32.2. The summed E-state index contributed by atoms with van der Waals surface area (Å²) >= 11 is 0. The Balaban J connectivity index is 2.29. The predicted octanol–water partition coefficient (Wildman–Crippen LogP) is 2.19. The van der Waals surface area contributed by atoms with E-state index in [-0.39, 0.29) is 16.8 Å². The average Bonchev–Trinajstić information content (AvgIpc) is 2.60. The number of hydrogen-bond donors (Lipinski definition) is 3. The molecule has 2 aromatic carbocycles. The molecular formula is C19H23N3O4S. The Morgan fingerprint density at radius 3 is 2.04 bits per heavy atom. The lowest BCUT2D eigenvalue weighted by molar-refractivity contribution is -0.123. The molecule has 2 amide bonds. The van der Waals surface area contributed by atoms with Crippen LogP contribution in [0.3, 0.4) is 0 Å². The lowest BCUT2D eigenvalue weighted by atomic mass is 10.1. The number of carbonyl (C=O) groups excluding carboxylic acids is 2. The highest BCUT2D eigenvalue weighted by Gasteiger charge is 2.27. The number of benzene rings is 2. The van der Waals surface area contributed by atoms with Crippen LogP contribution in [0.4, 0.5) is 5.69 Å². The van der Waals surface area contributed by atoms with Crippen LogP contribution in [0.5, 0.6) is 0 Å². The lowest BCUT2D eigenvalue weighted by Crippen LogP contribution is -2.42. The first-order valence-electron chi connectivity index (χ1n) is 8.44. The average molecular weight is 389 g/mol. The minimum atomic E-state index is -3.96. The molecule has 0 saturated carbocycles. The molecule has 2 aromatic rings. The van der Waals surface area contributed by atoms with Crippen LogP contribution in [0.2, 0.25) is 0 Å². The molecule has 0 aromatic heterocycles. The fourth-order valence-electron chi connectivity index (χ4n) is 2.43. The molecular weight excluding hydrogens is 366 g/mol. The molecule has 0 radical (unpaired) electrons. The Labute approximate surface area is 159 Å². The van der Waals surface area contributed by atoms with Gasteiger partial charge in [0.1, 0.15) is 6.04 Å². The van der Waals surface area contributed by atoms with Crippen LogP contribution >= 0.6 is 0 Å².